The van der Waals surface area contributed by atoms with Crippen molar-refractivity contribution in [3.05, 3.63) is 0 Å². The van der Waals surface area contributed by atoms with Gasteiger partial charge in [-0.1, -0.05) is 0 Å². The molecule has 1 aliphatic heterocycles. The molecule has 1 rings (SSSR count). The van der Waals surface area contributed by atoms with Gasteiger partial charge in [0.1, 0.15) is 0 Å². The van der Waals surface area contributed by atoms with Crippen molar-refractivity contribution in [1.82, 2.24) is 4.90 Å². The molecule has 86 valence electrons. The van der Waals surface area contributed by atoms with E-state index in [4.69, 9.17) is 25.5 Å². The lowest BCUT2D eigenvalue weighted by Gasteiger charge is -2.16. The summed E-state index contributed by atoms with van der Waals surface area (Å²) in [7, 11) is 1.81. The van der Waals surface area contributed by atoms with Crippen molar-refractivity contribution in [2.45, 2.75) is 18.9 Å². The van der Waals surface area contributed by atoms with Gasteiger partial charge in [-0.3, -0.25) is 4.79 Å². The summed E-state index contributed by atoms with van der Waals surface area (Å²) < 4.78 is 0. The molecule has 0 saturated carbocycles. The van der Waals surface area contributed by atoms with Gasteiger partial charge in [-0.25, -0.2) is 9.59 Å². The molecule has 0 aromatic carbocycles. The fourth-order valence-electron chi connectivity index (χ4n) is 1.14. The third-order valence-corrected chi connectivity index (χ3v) is 2.09. The first-order valence-corrected chi connectivity index (χ1v) is 4.32. The number of carboxylic acid groups (broad SMARTS) is 2. The van der Waals surface area contributed by atoms with Crippen LogP contribution in [-0.2, 0) is 14.4 Å². The first kappa shape index (κ1) is 13.4. The Hall–Kier alpha value is -1.63. The van der Waals surface area contributed by atoms with E-state index in [2.05, 4.69) is 0 Å². The van der Waals surface area contributed by atoms with Gasteiger partial charge in [-0.05, 0) is 6.42 Å². The van der Waals surface area contributed by atoms with Gasteiger partial charge in [0.25, 0.3) is 0 Å². The highest BCUT2D eigenvalue weighted by atomic mass is 16.4. The van der Waals surface area contributed by atoms with Crippen LogP contribution in [0.15, 0.2) is 0 Å². The van der Waals surface area contributed by atoms with Crippen LogP contribution >= 0.6 is 0 Å². The predicted molar refractivity (Wildman–Crippen MR) is 50.1 cm³/mol. The minimum atomic E-state index is -1.82. The predicted octanol–water partition coefficient (Wildman–Crippen LogP) is -1.28. The van der Waals surface area contributed by atoms with Gasteiger partial charge in [0.15, 0.2) is 0 Å². The minimum absolute atomic E-state index is 0.227. The van der Waals surface area contributed by atoms with Gasteiger partial charge in [0.2, 0.25) is 5.91 Å². The molecular formula is C8H14N2O5. The Morgan fingerprint density at radius 3 is 2.07 bits per heavy atom. The van der Waals surface area contributed by atoms with E-state index in [-0.39, 0.29) is 5.91 Å². The number of carbonyl (C=O) groups excluding carboxylic acids is 1. The molecule has 1 amide bonds. The number of hydrogen-bond acceptors (Lipinski definition) is 4. The Kier molecular flexibility index (Phi) is 5.32. The summed E-state index contributed by atoms with van der Waals surface area (Å²) in [5.74, 6) is -3.42. The smallest absolute Gasteiger partial charge is 0.414 e. The van der Waals surface area contributed by atoms with E-state index in [0.717, 1.165) is 6.42 Å². The molecule has 1 atom stereocenters. The summed E-state index contributed by atoms with van der Waals surface area (Å²) in [4.78, 5) is 30.7. The molecule has 1 unspecified atom stereocenters. The first-order chi connectivity index (χ1) is 6.90. The quantitative estimate of drug-likeness (QED) is 0.471. The van der Waals surface area contributed by atoms with E-state index in [1.54, 1.807) is 4.90 Å². The molecule has 0 aromatic heterocycles. The van der Waals surface area contributed by atoms with Crippen molar-refractivity contribution < 1.29 is 24.6 Å². The van der Waals surface area contributed by atoms with Gasteiger partial charge in [-0.2, -0.15) is 0 Å². The molecule has 0 aliphatic carbocycles. The molecule has 7 nitrogen and oxygen atoms in total. The zero-order chi connectivity index (χ0) is 12.0. The Labute approximate surface area is 86.5 Å². The zero-order valence-electron chi connectivity index (χ0n) is 8.34. The van der Waals surface area contributed by atoms with E-state index in [0.29, 0.717) is 19.0 Å². The van der Waals surface area contributed by atoms with Crippen LogP contribution in [0, 0.1) is 0 Å². The third kappa shape index (κ3) is 4.41. The summed E-state index contributed by atoms with van der Waals surface area (Å²) in [5, 5.41) is 14.8. The maximum Gasteiger partial charge on any atom is 0.414 e. The van der Waals surface area contributed by atoms with Crippen LogP contribution in [-0.4, -0.2) is 52.6 Å². The van der Waals surface area contributed by atoms with Crippen LogP contribution in [0.1, 0.15) is 12.8 Å². The lowest BCUT2D eigenvalue weighted by molar-refractivity contribution is -0.159. The summed E-state index contributed by atoms with van der Waals surface area (Å²) in [5.41, 5.74) is 5.39. The maximum atomic E-state index is 10.8. The van der Waals surface area contributed by atoms with Gasteiger partial charge in [0.05, 0.1) is 0 Å². The third-order valence-electron chi connectivity index (χ3n) is 2.09. The van der Waals surface area contributed by atoms with Crippen molar-refractivity contribution in [1.29, 1.82) is 0 Å². The molecular weight excluding hydrogens is 204 g/mol. The van der Waals surface area contributed by atoms with Crippen LogP contribution in [0.5, 0.6) is 0 Å². The summed E-state index contributed by atoms with van der Waals surface area (Å²) in [6.45, 7) is 0.599. The van der Waals surface area contributed by atoms with Crippen LogP contribution < -0.4 is 5.73 Å². The average molecular weight is 218 g/mol. The molecule has 0 spiro atoms. The Bertz CT molecular complexity index is 254. The molecule has 7 heteroatoms. The van der Waals surface area contributed by atoms with Crippen molar-refractivity contribution in [2.24, 2.45) is 5.73 Å². The molecule has 0 bridgehead atoms. The number of likely N-dealkylation sites (tertiary alicyclic amines) is 1. The van der Waals surface area contributed by atoms with Crippen molar-refractivity contribution in [2.75, 3.05) is 13.6 Å². The normalized spacial score (nSPS) is 19.5. The number of carbonyl (C=O) groups is 3. The minimum Gasteiger partial charge on any atom is -0.473 e. The highest BCUT2D eigenvalue weighted by Crippen LogP contribution is 2.14. The second kappa shape index (κ2) is 5.97. The molecule has 0 radical (unpaired) electrons. The number of nitrogens with two attached hydrogens (primary N) is 1. The highest BCUT2D eigenvalue weighted by Gasteiger charge is 2.25. The number of amides is 1. The van der Waals surface area contributed by atoms with Crippen LogP contribution in [0.2, 0.25) is 0 Å². The number of carboxylic acids is 2. The SMILES string of the molecule is CN1C(=O)CCC1CN.O=C(O)C(=O)O. The fourth-order valence-corrected chi connectivity index (χ4v) is 1.14. The largest absolute Gasteiger partial charge is 0.473 e. The summed E-state index contributed by atoms with van der Waals surface area (Å²) >= 11 is 0. The zero-order valence-corrected chi connectivity index (χ0v) is 8.34. The Balaban J connectivity index is 0.000000288. The fraction of sp³-hybridized carbons (Fsp3) is 0.625. The lowest BCUT2D eigenvalue weighted by Crippen LogP contribution is -2.34. The second-order valence-electron chi connectivity index (χ2n) is 3.04. The van der Waals surface area contributed by atoms with Crippen molar-refractivity contribution in [3.63, 3.8) is 0 Å². The standard InChI is InChI=1S/C6H12N2O.C2H2O4/c1-8-5(4-7)2-3-6(8)9;3-1(4)2(5)6/h5H,2-4,7H2,1H3;(H,3,4)(H,5,6). The van der Waals surface area contributed by atoms with Crippen LogP contribution in [0.4, 0.5) is 0 Å². The topological polar surface area (TPSA) is 121 Å². The second-order valence-corrected chi connectivity index (χ2v) is 3.04. The van der Waals surface area contributed by atoms with Gasteiger partial charge >= 0.3 is 11.9 Å². The molecule has 15 heavy (non-hydrogen) atoms. The highest BCUT2D eigenvalue weighted by molar-refractivity contribution is 6.27. The van der Waals surface area contributed by atoms with Crippen LogP contribution in [0.25, 0.3) is 0 Å². The number of aliphatic carboxylic acids is 2. The van der Waals surface area contributed by atoms with E-state index in [1.807, 2.05) is 7.05 Å². The van der Waals surface area contributed by atoms with E-state index < -0.39 is 11.9 Å². The van der Waals surface area contributed by atoms with Gasteiger partial charge < -0.3 is 20.8 Å². The molecule has 1 fully saturated rings. The monoisotopic (exact) mass is 218 g/mol. The van der Waals surface area contributed by atoms with Crippen molar-refractivity contribution in [3.8, 4) is 0 Å². The summed E-state index contributed by atoms with van der Waals surface area (Å²) in [6.07, 6.45) is 1.62. The van der Waals surface area contributed by atoms with E-state index in [9.17, 15) is 4.79 Å². The van der Waals surface area contributed by atoms with Gasteiger partial charge in [-0.15, -0.1) is 0 Å². The van der Waals surface area contributed by atoms with E-state index >= 15 is 0 Å². The molecule has 0 aromatic rings. The maximum absolute atomic E-state index is 10.8. The number of nitrogens with zero attached hydrogens (tertiary/aromatic N) is 1. The molecule has 1 heterocycles. The average Bonchev–Trinajstić information content (AvgIpc) is 2.48. The lowest BCUT2D eigenvalue weighted by atomic mass is 10.2. The Morgan fingerprint density at radius 2 is 1.93 bits per heavy atom. The van der Waals surface area contributed by atoms with Crippen molar-refractivity contribution >= 4 is 17.8 Å². The summed E-state index contributed by atoms with van der Waals surface area (Å²) in [6, 6.07) is 0.303. The molecule has 4 N–H and O–H groups in total. The molecule has 1 aliphatic rings. The molecule has 1 saturated heterocycles. The van der Waals surface area contributed by atoms with E-state index in [1.165, 1.54) is 0 Å². The number of likely N-dealkylation sites (N-methyl/N-ethyl adjacent to an activating group) is 1. The number of hydrogen-bond donors (Lipinski definition) is 3. The van der Waals surface area contributed by atoms with Crippen LogP contribution in [0.3, 0.4) is 0 Å². The van der Waals surface area contributed by atoms with Gasteiger partial charge in [0, 0.05) is 26.1 Å². The number of rotatable bonds is 1. The Morgan fingerprint density at radius 1 is 1.47 bits per heavy atom. The first-order valence-electron chi connectivity index (χ1n) is 4.32.